The summed E-state index contributed by atoms with van der Waals surface area (Å²) in [5.41, 5.74) is -0.241. The summed E-state index contributed by atoms with van der Waals surface area (Å²) in [5, 5.41) is 10.6. The lowest BCUT2D eigenvalue weighted by Crippen LogP contribution is -2.53. The molecule has 1 aliphatic heterocycles. The Morgan fingerprint density at radius 2 is 2.23 bits per heavy atom. The molecule has 26 heavy (non-hydrogen) atoms. The molecular weight excluding hydrogens is 346 g/mol. The highest BCUT2D eigenvalue weighted by atomic mass is 19.3. The highest BCUT2D eigenvalue weighted by molar-refractivity contribution is 5.68. The first-order valence-corrected chi connectivity index (χ1v) is 8.40. The molecule has 10 heteroatoms. The van der Waals surface area contributed by atoms with Crippen molar-refractivity contribution in [1.29, 1.82) is 0 Å². The Balaban J connectivity index is 1.62. The number of anilines is 1. The number of ether oxygens (including phenoxy) is 1. The van der Waals surface area contributed by atoms with Crippen molar-refractivity contribution in [3.05, 3.63) is 18.7 Å². The number of rotatable bonds is 3. The largest absolute Gasteiger partial charge is 0.444 e. The predicted molar refractivity (Wildman–Crippen MR) is 90.1 cm³/mol. The van der Waals surface area contributed by atoms with Crippen LogP contribution in [-0.2, 0) is 4.74 Å². The van der Waals surface area contributed by atoms with Crippen LogP contribution < -0.4 is 5.32 Å². The Morgan fingerprint density at radius 1 is 1.46 bits per heavy atom. The number of halogens is 2. The van der Waals surface area contributed by atoms with E-state index < -0.39 is 30.1 Å². The summed E-state index contributed by atoms with van der Waals surface area (Å²) in [6.45, 7) is 4.71. The molecular formula is C16H22F2N6O2. The van der Waals surface area contributed by atoms with E-state index in [0.29, 0.717) is 11.5 Å². The first kappa shape index (κ1) is 18.3. The zero-order chi connectivity index (χ0) is 18.9. The van der Waals surface area contributed by atoms with Crippen LogP contribution in [0.5, 0.6) is 0 Å². The van der Waals surface area contributed by atoms with Crippen LogP contribution in [0.1, 0.15) is 27.2 Å². The minimum absolute atomic E-state index is 0.0225. The fraction of sp³-hybridized carbons (Fsp3) is 0.625. The van der Waals surface area contributed by atoms with Crippen LogP contribution in [-0.4, -0.2) is 61.7 Å². The average molecular weight is 368 g/mol. The van der Waals surface area contributed by atoms with Crippen LogP contribution in [0.4, 0.5) is 19.4 Å². The summed E-state index contributed by atoms with van der Waals surface area (Å²) in [5.74, 6) is -3.55. The predicted octanol–water partition coefficient (Wildman–Crippen LogP) is 2.43. The van der Waals surface area contributed by atoms with E-state index in [9.17, 15) is 13.6 Å². The number of nitrogens with one attached hydrogen (secondary N) is 1. The number of likely N-dealkylation sites (tertiary alicyclic amines) is 1. The van der Waals surface area contributed by atoms with Crippen molar-refractivity contribution in [2.75, 3.05) is 25.0 Å². The summed E-state index contributed by atoms with van der Waals surface area (Å²) in [4.78, 5) is 17.2. The van der Waals surface area contributed by atoms with E-state index in [2.05, 4.69) is 20.5 Å². The molecule has 1 atom stereocenters. The Kier molecular flexibility index (Phi) is 4.68. The number of aromatic nitrogens is 4. The van der Waals surface area contributed by atoms with E-state index in [0.717, 1.165) is 4.90 Å². The fourth-order valence-electron chi connectivity index (χ4n) is 2.82. The van der Waals surface area contributed by atoms with E-state index in [1.54, 1.807) is 37.6 Å². The maximum atomic E-state index is 14.5. The lowest BCUT2D eigenvalue weighted by Gasteiger charge is -2.38. The lowest BCUT2D eigenvalue weighted by molar-refractivity contribution is -0.106. The first-order valence-electron chi connectivity index (χ1n) is 8.40. The molecule has 0 aliphatic carbocycles. The molecule has 3 rings (SSSR count). The van der Waals surface area contributed by atoms with Gasteiger partial charge in [0.15, 0.2) is 5.82 Å². The van der Waals surface area contributed by atoms with Gasteiger partial charge in [-0.3, -0.25) is 4.40 Å². The molecule has 1 fully saturated rings. The van der Waals surface area contributed by atoms with Crippen molar-refractivity contribution < 1.29 is 18.3 Å². The van der Waals surface area contributed by atoms with Gasteiger partial charge in [0.25, 0.3) is 5.92 Å². The Labute approximate surface area is 149 Å². The molecule has 1 saturated heterocycles. The number of carbonyl (C=O) groups is 1. The van der Waals surface area contributed by atoms with E-state index in [4.69, 9.17) is 4.74 Å². The molecule has 2 aromatic rings. The second-order valence-corrected chi connectivity index (χ2v) is 7.37. The maximum absolute atomic E-state index is 14.5. The van der Waals surface area contributed by atoms with Gasteiger partial charge in [0.05, 0.1) is 6.54 Å². The molecule has 1 aliphatic rings. The monoisotopic (exact) mass is 368 g/mol. The van der Waals surface area contributed by atoms with Crippen LogP contribution in [0.15, 0.2) is 18.7 Å². The molecule has 8 nitrogen and oxygen atoms in total. The van der Waals surface area contributed by atoms with Crippen molar-refractivity contribution in [3.63, 3.8) is 0 Å². The van der Waals surface area contributed by atoms with E-state index in [1.807, 2.05) is 0 Å². The topological polar surface area (TPSA) is 84.7 Å². The molecule has 0 aromatic carbocycles. The van der Waals surface area contributed by atoms with Gasteiger partial charge in [-0.05, 0) is 27.2 Å². The summed E-state index contributed by atoms with van der Waals surface area (Å²) in [7, 11) is 0. The second-order valence-electron chi connectivity index (χ2n) is 7.37. The van der Waals surface area contributed by atoms with Crippen LogP contribution >= 0.6 is 0 Å². The second kappa shape index (κ2) is 6.65. The van der Waals surface area contributed by atoms with Gasteiger partial charge in [-0.25, -0.2) is 18.6 Å². The molecule has 0 spiro atoms. The summed E-state index contributed by atoms with van der Waals surface area (Å²) in [6.07, 6.45) is 4.18. The molecule has 142 valence electrons. The smallest absolute Gasteiger partial charge is 0.410 e. The van der Waals surface area contributed by atoms with E-state index in [-0.39, 0.29) is 19.5 Å². The van der Waals surface area contributed by atoms with Crippen LogP contribution in [0, 0.1) is 5.92 Å². The molecule has 1 amide bonds. The normalized spacial score (nSPS) is 20.2. The SMILES string of the molecule is CC(C)(C)OC(=O)N1CC[C@H](CNc2nccn3cnnc23)C(F)(F)C1. The first-order chi connectivity index (χ1) is 12.2. The van der Waals surface area contributed by atoms with Gasteiger partial charge in [0, 0.05) is 31.4 Å². The van der Waals surface area contributed by atoms with Crippen LogP contribution in [0.3, 0.4) is 0 Å². The number of alkyl halides is 2. The van der Waals surface area contributed by atoms with Gasteiger partial charge >= 0.3 is 6.09 Å². The number of fused-ring (bicyclic) bond motifs is 1. The van der Waals surface area contributed by atoms with Crippen molar-refractivity contribution in [1.82, 2.24) is 24.5 Å². The third kappa shape index (κ3) is 4.00. The lowest BCUT2D eigenvalue weighted by atomic mass is 9.93. The molecule has 0 bridgehead atoms. The van der Waals surface area contributed by atoms with Crippen molar-refractivity contribution >= 4 is 17.6 Å². The number of nitrogens with zero attached hydrogens (tertiary/aromatic N) is 5. The minimum atomic E-state index is -3.03. The third-order valence-corrected chi connectivity index (χ3v) is 4.13. The number of carbonyl (C=O) groups excluding carboxylic acids is 1. The van der Waals surface area contributed by atoms with Gasteiger partial charge in [-0.2, -0.15) is 0 Å². The molecule has 0 saturated carbocycles. The van der Waals surface area contributed by atoms with Crippen molar-refractivity contribution in [3.8, 4) is 0 Å². The molecule has 0 unspecified atom stereocenters. The number of piperidine rings is 1. The fourth-order valence-corrected chi connectivity index (χ4v) is 2.82. The molecule has 3 heterocycles. The van der Waals surface area contributed by atoms with E-state index in [1.165, 1.54) is 6.33 Å². The summed E-state index contributed by atoms with van der Waals surface area (Å²) < 4.78 is 35.9. The van der Waals surface area contributed by atoms with Gasteiger partial charge < -0.3 is 15.0 Å². The number of hydrogen-bond donors (Lipinski definition) is 1. The van der Waals surface area contributed by atoms with E-state index >= 15 is 0 Å². The molecule has 0 radical (unpaired) electrons. The number of amides is 1. The molecule has 2 aromatic heterocycles. The van der Waals surface area contributed by atoms with Crippen LogP contribution in [0.25, 0.3) is 5.65 Å². The Hall–Kier alpha value is -2.52. The third-order valence-electron chi connectivity index (χ3n) is 4.13. The molecule has 1 N–H and O–H groups in total. The van der Waals surface area contributed by atoms with Gasteiger partial charge in [0.2, 0.25) is 5.65 Å². The summed E-state index contributed by atoms with van der Waals surface area (Å²) in [6, 6.07) is 0. The zero-order valence-electron chi connectivity index (χ0n) is 14.9. The van der Waals surface area contributed by atoms with Gasteiger partial charge in [-0.15, -0.1) is 10.2 Å². The summed E-state index contributed by atoms with van der Waals surface area (Å²) >= 11 is 0. The maximum Gasteiger partial charge on any atom is 0.410 e. The van der Waals surface area contributed by atoms with Crippen LogP contribution in [0.2, 0.25) is 0 Å². The number of hydrogen-bond acceptors (Lipinski definition) is 6. The Morgan fingerprint density at radius 3 is 2.92 bits per heavy atom. The van der Waals surface area contributed by atoms with Crippen molar-refractivity contribution in [2.24, 2.45) is 5.92 Å². The standard InChI is InChI=1S/C16H22F2N6O2/c1-15(2,3)26-14(25)23-6-4-11(16(17,18)9-23)8-20-12-13-22-21-10-24(13)7-5-19-12/h5,7,10-11H,4,6,8-9H2,1-3H3,(H,19,20)/t11-/m1/s1. The quantitative estimate of drug-likeness (QED) is 0.896. The van der Waals surface area contributed by atoms with Gasteiger partial charge in [-0.1, -0.05) is 0 Å². The zero-order valence-corrected chi connectivity index (χ0v) is 14.9. The minimum Gasteiger partial charge on any atom is -0.444 e. The van der Waals surface area contributed by atoms with Crippen molar-refractivity contribution in [2.45, 2.75) is 38.7 Å². The highest BCUT2D eigenvalue weighted by Crippen LogP contribution is 2.33. The van der Waals surface area contributed by atoms with Gasteiger partial charge in [0.1, 0.15) is 11.9 Å². The highest BCUT2D eigenvalue weighted by Gasteiger charge is 2.46. The average Bonchev–Trinajstić information content (AvgIpc) is 3.00. The Bertz CT molecular complexity index is 788.